The summed E-state index contributed by atoms with van der Waals surface area (Å²) in [4.78, 5) is 2.44. The lowest BCUT2D eigenvalue weighted by Crippen LogP contribution is -2.43. The van der Waals surface area contributed by atoms with Gasteiger partial charge in [-0.2, -0.15) is 0 Å². The summed E-state index contributed by atoms with van der Waals surface area (Å²) in [5, 5.41) is 3.95. The molecule has 1 aromatic carbocycles. The summed E-state index contributed by atoms with van der Waals surface area (Å²) in [7, 11) is 0. The van der Waals surface area contributed by atoms with E-state index in [1.54, 1.807) is 12.1 Å². The Hall–Kier alpha value is -0.640. The number of nitrogens with one attached hydrogen (secondary N) is 1. The SMILES string of the molecule is CCC(C)CCN(Cc1c(F)cccc1Cl)C1CCNCC1. The average Bonchev–Trinajstić information content (AvgIpc) is 2.54. The van der Waals surface area contributed by atoms with Gasteiger partial charge in [0.1, 0.15) is 5.82 Å². The fraction of sp³-hybridized carbons (Fsp3) is 0.667. The van der Waals surface area contributed by atoms with E-state index in [1.807, 2.05) is 0 Å². The van der Waals surface area contributed by atoms with Crippen LogP contribution in [0.5, 0.6) is 0 Å². The smallest absolute Gasteiger partial charge is 0.129 e. The van der Waals surface area contributed by atoms with Crippen LogP contribution in [-0.2, 0) is 6.54 Å². The zero-order chi connectivity index (χ0) is 15.9. The summed E-state index contributed by atoms with van der Waals surface area (Å²) in [6.07, 6.45) is 4.62. The lowest BCUT2D eigenvalue weighted by molar-refractivity contribution is 0.143. The van der Waals surface area contributed by atoms with Gasteiger partial charge in [-0.3, -0.25) is 4.90 Å². The van der Waals surface area contributed by atoms with Crippen molar-refractivity contribution in [1.29, 1.82) is 0 Å². The van der Waals surface area contributed by atoms with Gasteiger partial charge >= 0.3 is 0 Å². The highest BCUT2D eigenvalue weighted by atomic mass is 35.5. The van der Waals surface area contributed by atoms with Gasteiger partial charge in [0.2, 0.25) is 0 Å². The van der Waals surface area contributed by atoms with Gasteiger partial charge in [0.25, 0.3) is 0 Å². The molecule has 2 rings (SSSR count). The lowest BCUT2D eigenvalue weighted by atomic mass is 10.0. The predicted octanol–water partition coefficient (Wildman–Crippen LogP) is 4.47. The molecule has 1 N–H and O–H groups in total. The van der Waals surface area contributed by atoms with Crippen molar-refractivity contribution >= 4 is 11.6 Å². The fourth-order valence-electron chi connectivity index (χ4n) is 3.04. The molecule has 0 bridgehead atoms. The van der Waals surface area contributed by atoms with E-state index in [0.29, 0.717) is 29.1 Å². The molecule has 22 heavy (non-hydrogen) atoms. The third-order valence-electron chi connectivity index (χ3n) is 4.85. The standard InChI is InChI=1S/C18H28ClFN2/c1-3-14(2)9-12-22(15-7-10-21-11-8-15)13-16-17(19)5-4-6-18(16)20/h4-6,14-15,21H,3,7-13H2,1-2H3. The molecule has 1 unspecified atom stereocenters. The van der Waals surface area contributed by atoms with Crippen molar-refractivity contribution in [2.45, 2.75) is 52.1 Å². The molecule has 1 aliphatic heterocycles. The largest absolute Gasteiger partial charge is 0.317 e. The third-order valence-corrected chi connectivity index (χ3v) is 5.21. The molecule has 1 fully saturated rings. The molecular formula is C18H28ClFN2. The first-order chi connectivity index (χ1) is 10.6. The number of piperidine rings is 1. The minimum absolute atomic E-state index is 0.185. The Kier molecular flexibility index (Phi) is 7.13. The second kappa shape index (κ2) is 8.85. The van der Waals surface area contributed by atoms with Crippen molar-refractivity contribution in [1.82, 2.24) is 10.2 Å². The molecule has 0 spiro atoms. The Morgan fingerprint density at radius 2 is 2.09 bits per heavy atom. The molecule has 1 saturated heterocycles. The van der Waals surface area contributed by atoms with Crippen LogP contribution in [0.2, 0.25) is 5.02 Å². The predicted molar refractivity (Wildman–Crippen MR) is 91.8 cm³/mol. The number of halogens is 2. The summed E-state index contributed by atoms with van der Waals surface area (Å²) in [6, 6.07) is 5.50. The van der Waals surface area contributed by atoms with Gasteiger partial charge in [0.15, 0.2) is 0 Å². The first-order valence-corrected chi connectivity index (χ1v) is 8.87. The van der Waals surface area contributed by atoms with Gasteiger partial charge < -0.3 is 5.32 Å². The fourth-order valence-corrected chi connectivity index (χ4v) is 3.26. The minimum Gasteiger partial charge on any atom is -0.317 e. The van der Waals surface area contributed by atoms with Crippen molar-refractivity contribution in [3.8, 4) is 0 Å². The van der Waals surface area contributed by atoms with Crippen LogP contribution >= 0.6 is 11.6 Å². The van der Waals surface area contributed by atoms with Crippen LogP contribution in [0, 0.1) is 11.7 Å². The van der Waals surface area contributed by atoms with Gasteiger partial charge in [-0.1, -0.05) is 37.9 Å². The quantitative estimate of drug-likeness (QED) is 0.795. The van der Waals surface area contributed by atoms with Crippen molar-refractivity contribution in [2.24, 2.45) is 5.92 Å². The van der Waals surface area contributed by atoms with Crippen LogP contribution in [0.15, 0.2) is 18.2 Å². The number of rotatable bonds is 7. The molecule has 0 radical (unpaired) electrons. The first kappa shape index (κ1) is 17.7. The zero-order valence-electron chi connectivity index (χ0n) is 13.7. The minimum atomic E-state index is -0.185. The molecule has 0 aromatic heterocycles. The van der Waals surface area contributed by atoms with Crippen LogP contribution in [-0.4, -0.2) is 30.6 Å². The highest BCUT2D eigenvalue weighted by Crippen LogP contribution is 2.24. The van der Waals surface area contributed by atoms with Crippen molar-refractivity contribution < 1.29 is 4.39 Å². The molecule has 1 atom stereocenters. The molecule has 1 aliphatic rings. The van der Waals surface area contributed by atoms with Gasteiger partial charge in [0.05, 0.1) is 0 Å². The van der Waals surface area contributed by atoms with Crippen LogP contribution < -0.4 is 5.32 Å². The lowest BCUT2D eigenvalue weighted by Gasteiger charge is -2.35. The summed E-state index contributed by atoms with van der Waals surface area (Å²) in [5.74, 6) is 0.523. The zero-order valence-corrected chi connectivity index (χ0v) is 14.5. The van der Waals surface area contributed by atoms with Gasteiger partial charge in [-0.05, 0) is 56.9 Å². The molecular weight excluding hydrogens is 299 g/mol. The Bertz CT molecular complexity index is 440. The van der Waals surface area contributed by atoms with E-state index in [1.165, 1.54) is 12.5 Å². The summed E-state index contributed by atoms with van der Waals surface area (Å²) in [6.45, 7) is 8.26. The molecule has 1 aromatic rings. The van der Waals surface area contributed by atoms with Gasteiger partial charge in [-0.15, -0.1) is 0 Å². The Morgan fingerprint density at radius 1 is 1.36 bits per heavy atom. The molecule has 4 heteroatoms. The monoisotopic (exact) mass is 326 g/mol. The first-order valence-electron chi connectivity index (χ1n) is 8.49. The highest BCUT2D eigenvalue weighted by molar-refractivity contribution is 6.31. The maximum Gasteiger partial charge on any atom is 0.129 e. The maximum absolute atomic E-state index is 14.1. The number of nitrogens with zero attached hydrogens (tertiary/aromatic N) is 1. The Labute approximate surface area is 139 Å². The maximum atomic E-state index is 14.1. The van der Waals surface area contributed by atoms with Crippen LogP contribution in [0.25, 0.3) is 0 Å². The van der Waals surface area contributed by atoms with E-state index in [2.05, 4.69) is 24.1 Å². The number of hydrogen-bond donors (Lipinski definition) is 1. The topological polar surface area (TPSA) is 15.3 Å². The van der Waals surface area contributed by atoms with E-state index < -0.39 is 0 Å². The molecule has 0 aliphatic carbocycles. The van der Waals surface area contributed by atoms with Crippen molar-refractivity contribution in [3.05, 3.63) is 34.6 Å². The molecule has 2 nitrogen and oxygen atoms in total. The van der Waals surface area contributed by atoms with E-state index in [4.69, 9.17) is 11.6 Å². The van der Waals surface area contributed by atoms with Gasteiger partial charge in [0, 0.05) is 23.2 Å². The average molecular weight is 327 g/mol. The normalized spacial score (nSPS) is 17.9. The highest BCUT2D eigenvalue weighted by Gasteiger charge is 2.23. The summed E-state index contributed by atoms with van der Waals surface area (Å²) in [5.41, 5.74) is 0.645. The summed E-state index contributed by atoms with van der Waals surface area (Å²) < 4.78 is 14.1. The van der Waals surface area contributed by atoms with Crippen molar-refractivity contribution in [3.63, 3.8) is 0 Å². The molecule has 0 saturated carbocycles. The van der Waals surface area contributed by atoms with E-state index in [-0.39, 0.29) is 5.82 Å². The van der Waals surface area contributed by atoms with Crippen molar-refractivity contribution in [2.75, 3.05) is 19.6 Å². The van der Waals surface area contributed by atoms with Crippen LogP contribution in [0.1, 0.15) is 45.1 Å². The van der Waals surface area contributed by atoms with Crippen LogP contribution in [0.4, 0.5) is 4.39 Å². The third kappa shape index (κ3) is 4.94. The summed E-state index contributed by atoms with van der Waals surface area (Å²) >= 11 is 6.22. The van der Waals surface area contributed by atoms with Crippen LogP contribution in [0.3, 0.4) is 0 Å². The second-order valence-corrected chi connectivity index (χ2v) is 6.86. The molecule has 124 valence electrons. The Balaban J connectivity index is 2.09. The second-order valence-electron chi connectivity index (χ2n) is 6.45. The number of hydrogen-bond acceptors (Lipinski definition) is 2. The van der Waals surface area contributed by atoms with E-state index in [9.17, 15) is 4.39 Å². The van der Waals surface area contributed by atoms with E-state index in [0.717, 1.165) is 38.9 Å². The van der Waals surface area contributed by atoms with Gasteiger partial charge in [-0.25, -0.2) is 4.39 Å². The molecule has 0 amide bonds. The molecule has 1 heterocycles. The number of benzene rings is 1. The Morgan fingerprint density at radius 3 is 2.73 bits per heavy atom. The van der Waals surface area contributed by atoms with E-state index >= 15 is 0 Å².